The van der Waals surface area contributed by atoms with Crippen LogP contribution in [0.25, 0.3) is 22.1 Å². The van der Waals surface area contributed by atoms with Crippen LogP contribution in [0.2, 0.25) is 0 Å². The number of nitrogens with zero attached hydrogens (tertiary/aromatic N) is 1. The summed E-state index contributed by atoms with van der Waals surface area (Å²) in [4.78, 5) is 16.4. The summed E-state index contributed by atoms with van der Waals surface area (Å²) in [5.74, 6) is 1.46. The third kappa shape index (κ3) is 2.21. The maximum absolute atomic E-state index is 12.4. The van der Waals surface area contributed by atoms with Gasteiger partial charge in [-0.3, -0.25) is 4.79 Å². The summed E-state index contributed by atoms with van der Waals surface area (Å²) < 4.78 is 11.2. The zero-order chi connectivity index (χ0) is 14.4. The molecule has 1 saturated heterocycles. The largest absolute Gasteiger partial charge is 0.507 e. The third-order valence-corrected chi connectivity index (χ3v) is 4.28. The number of thioether (sulfide) groups is 1. The van der Waals surface area contributed by atoms with Gasteiger partial charge in [0.25, 0.3) is 0 Å². The van der Waals surface area contributed by atoms with Crippen LogP contribution < -0.4 is 10.2 Å². The molecule has 6 heteroatoms. The number of hydrogen-bond donors (Lipinski definition) is 1. The Kier molecular flexibility index (Phi) is 2.78. The van der Waals surface area contributed by atoms with Gasteiger partial charge in [0.05, 0.1) is 5.39 Å². The number of aromatic hydroxyl groups is 1. The van der Waals surface area contributed by atoms with E-state index in [9.17, 15) is 9.90 Å². The smallest absolute Gasteiger partial charge is 0.230 e. The van der Waals surface area contributed by atoms with Gasteiger partial charge in [-0.15, -0.1) is 0 Å². The summed E-state index contributed by atoms with van der Waals surface area (Å²) in [7, 11) is 0. The molecule has 1 aromatic carbocycles. The quantitative estimate of drug-likeness (QED) is 0.592. The molecule has 2 aromatic heterocycles. The van der Waals surface area contributed by atoms with Gasteiger partial charge >= 0.3 is 0 Å². The second-order valence-corrected chi connectivity index (χ2v) is 6.20. The van der Waals surface area contributed by atoms with Crippen molar-refractivity contribution in [3.05, 3.63) is 40.7 Å². The molecule has 0 saturated carbocycles. The van der Waals surface area contributed by atoms with Gasteiger partial charge in [-0.25, -0.2) is 4.98 Å². The zero-order valence-corrected chi connectivity index (χ0v) is 11.7. The number of pyridine rings is 1. The first kappa shape index (κ1) is 12.5. The fourth-order valence-corrected chi connectivity index (χ4v) is 2.60. The van der Waals surface area contributed by atoms with E-state index < -0.39 is 0 Å². The lowest BCUT2D eigenvalue weighted by Gasteiger charge is -2.07. The van der Waals surface area contributed by atoms with Crippen molar-refractivity contribution in [3.8, 4) is 11.5 Å². The van der Waals surface area contributed by atoms with Gasteiger partial charge in [0, 0.05) is 29.3 Å². The minimum absolute atomic E-state index is 0.134. The molecule has 106 valence electrons. The molecule has 0 aliphatic carbocycles. The molecule has 1 fully saturated rings. The van der Waals surface area contributed by atoms with Crippen molar-refractivity contribution < 1.29 is 14.3 Å². The van der Waals surface area contributed by atoms with Crippen LogP contribution >= 0.6 is 11.8 Å². The number of phenolic OH excluding ortho intramolecular Hbond substituents is 1. The van der Waals surface area contributed by atoms with E-state index in [2.05, 4.69) is 4.98 Å². The Morgan fingerprint density at radius 3 is 3.14 bits per heavy atom. The Labute approximate surface area is 123 Å². The number of ether oxygens (including phenoxy) is 1. The lowest BCUT2D eigenvalue weighted by molar-refractivity contribution is 0.328. The van der Waals surface area contributed by atoms with Crippen LogP contribution in [0.4, 0.5) is 0 Å². The van der Waals surface area contributed by atoms with Crippen LogP contribution in [0.15, 0.2) is 39.7 Å². The molecule has 1 atom stereocenters. The van der Waals surface area contributed by atoms with E-state index in [4.69, 9.17) is 9.15 Å². The lowest BCUT2D eigenvalue weighted by Crippen LogP contribution is -2.05. The number of phenols is 1. The SMILES string of the molecule is O=c1c2cccnc2oc2cc(OCC3CS3)cc(O)c12. The summed E-state index contributed by atoms with van der Waals surface area (Å²) in [6.45, 7) is 0.589. The maximum Gasteiger partial charge on any atom is 0.230 e. The van der Waals surface area contributed by atoms with Gasteiger partial charge < -0.3 is 14.3 Å². The maximum atomic E-state index is 12.4. The molecule has 1 N–H and O–H groups in total. The van der Waals surface area contributed by atoms with E-state index in [1.807, 2.05) is 11.8 Å². The summed E-state index contributed by atoms with van der Waals surface area (Å²) in [5, 5.41) is 11.1. The standard InChI is InChI=1S/C15H11NO4S/c17-11-4-8(19-6-9-7-21-9)5-12-13(11)14(18)10-2-1-3-16-15(10)20-12/h1-5,9,17H,6-7H2. The van der Waals surface area contributed by atoms with Gasteiger partial charge in [-0.1, -0.05) is 0 Å². The summed E-state index contributed by atoms with van der Waals surface area (Å²) >= 11 is 1.83. The minimum Gasteiger partial charge on any atom is -0.507 e. The van der Waals surface area contributed by atoms with Gasteiger partial charge in [0.15, 0.2) is 0 Å². The molecular weight excluding hydrogens is 290 g/mol. The van der Waals surface area contributed by atoms with Crippen LogP contribution in [-0.4, -0.2) is 27.7 Å². The van der Waals surface area contributed by atoms with Crippen molar-refractivity contribution in [1.82, 2.24) is 4.98 Å². The predicted molar refractivity (Wildman–Crippen MR) is 81.2 cm³/mol. The zero-order valence-electron chi connectivity index (χ0n) is 10.9. The number of fused-ring (bicyclic) bond motifs is 2. The highest BCUT2D eigenvalue weighted by Gasteiger charge is 2.23. The number of aromatic nitrogens is 1. The van der Waals surface area contributed by atoms with Crippen LogP contribution in [0, 0.1) is 0 Å². The van der Waals surface area contributed by atoms with Crippen molar-refractivity contribution in [2.24, 2.45) is 0 Å². The first-order chi connectivity index (χ1) is 10.2. The second kappa shape index (κ2) is 4.66. The Balaban J connectivity index is 1.90. The fourth-order valence-electron chi connectivity index (χ4n) is 2.21. The molecule has 3 aromatic rings. The van der Waals surface area contributed by atoms with Gasteiger partial charge in [-0.05, 0) is 12.1 Å². The predicted octanol–water partition coefficient (Wildman–Crippen LogP) is 2.54. The Morgan fingerprint density at radius 1 is 1.48 bits per heavy atom. The summed E-state index contributed by atoms with van der Waals surface area (Å²) in [5.41, 5.74) is 0.245. The molecule has 4 rings (SSSR count). The van der Waals surface area contributed by atoms with E-state index in [0.717, 1.165) is 5.75 Å². The number of benzene rings is 1. The molecule has 1 aliphatic rings. The minimum atomic E-state index is -0.291. The van der Waals surface area contributed by atoms with Crippen LogP contribution in [0.1, 0.15) is 0 Å². The molecule has 0 amide bonds. The van der Waals surface area contributed by atoms with E-state index in [1.165, 1.54) is 6.07 Å². The normalized spacial score (nSPS) is 17.2. The van der Waals surface area contributed by atoms with Crippen molar-refractivity contribution >= 4 is 33.8 Å². The van der Waals surface area contributed by atoms with E-state index >= 15 is 0 Å². The highest BCUT2D eigenvalue weighted by molar-refractivity contribution is 8.06. The van der Waals surface area contributed by atoms with E-state index in [0.29, 0.717) is 23.0 Å². The summed E-state index contributed by atoms with van der Waals surface area (Å²) in [6.07, 6.45) is 1.56. The highest BCUT2D eigenvalue weighted by Crippen LogP contribution is 2.33. The van der Waals surface area contributed by atoms with Gasteiger partial charge in [0.1, 0.15) is 29.1 Å². The van der Waals surface area contributed by atoms with E-state index in [1.54, 1.807) is 24.4 Å². The van der Waals surface area contributed by atoms with Gasteiger partial charge in [-0.2, -0.15) is 11.8 Å². The summed E-state index contributed by atoms with van der Waals surface area (Å²) in [6, 6.07) is 6.36. The molecular formula is C15H11NO4S. The monoisotopic (exact) mass is 301 g/mol. The van der Waals surface area contributed by atoms with Crippen molar-refractivity contribution in [3.63, 3.8) is 0 Å². The first-order valence-corrected chi connectivity index (χ1v) is 7.56. The highest BCUT2D eigenvalue weighted by atomic mass is 32.2. The second-order valence-electron chi connectivity index (χ2n) is 4.87. The molecule has 0 spiro atoms. The Bertz CT molecular complexity index is 901. The van der Waals surface area contributed by atoms with Crippen LogP contribution in [0.5, 0.6) is 11.5 Å². The van der Waals surface area contributed by atoms with Gasteiger partial charge in [0.2, 0.25) is 11.1 Å². The molecule has 5 nitrogen and oxygen atoms in total. The fraction of sp³-hybridized carbons (Fsp3) is 0.200. The Morgan fingerprint density at radius 2 is 2.33 bits per heavy atom. The van der Waals surface area contributed by atoms with Crippen molar-refractivity contribution in [2.45, 2.75) is 5.25 Å². The van der Waals surface area contributed by atoms with E-state index in [-0.39, 0.29) is 27.9 Å². The molecule has 21 heavy (non-hydrogen) atoms. The topological polar surface area (TPSA) is 72.6 Å². The Hall–Kier alpha value is -2.21. The first-order valence-electron chi connectivity index (χ1n) is 6.51. The third-order valence-electron chi connectivity index (χ3n) is 3.34. The average molecular weight is 301 g/mol. The number of rotatable bonds is 3. The van der Waals surface area contributed by atoms with Crippen LogP contribution in [0.3, 0.4) is 0 Å². The van der Waals surface area contributed by atoms with Crippen molar-refractivity contribution in [1.29, 1.82) is 0 Å². The number of hydrogen-bond acceptors (Lipinski definition) is 6. The molecule has 1 aliphatic heterocycles. The van der Waals surface area contributed by atoms with Crippen LogP contribution in [-0.2, 0) is 0 Å². The average Bonchev–Trinajstić information content (AvgIpc) is 3.29. The molecule has 1 unspecified atom stereocenters. The lowest BCUT2D eigenvalue weighted by atomic mass is 10.1. The molecule has 0 radical (unpaired) electrons. The molecule has 3 heterocycles. The molecule has 0 bridgehead atoms. The van der Waals surface area contributed by atoms with Crippen molar-refractivity contribution in [2.75, 3.05) is 12.4 Å².